The largest absolute Gasteiger partial charge is 0.223 e. The predicted molar refractivity (Wildman–Crippen MR) is 104 cm³/mol. The van der Waals surface area contributed by atoms with Crippen LogP contribution < -0.4 is 0 Å². The minimum absolute atomic E-state index is 0.0374. The topological polar surface area (TPSA) is 68.1 Å². The summed E-state index contributed by atoms with van der Waals surface area (Å²) in [5.41, 5.74) is 2.53. The number of hydrogen-bond donors (Lipinski definition) is 0. The van der Waals surface area contributed by atoms with Crippen molar-refractivity contribution in [3.8, 4) is 5.69 Å². The second kappa shape index (κ2) is 7.69. The van der Waals surface area contributed by atoms with Crippen molar-refractivity contribution in [1.29, 1.82) is 0 Å². The fourth-order valence-electron chi connectivity index (χ4n) is 2.64. The molecular weight excluding hydrogens is 416 g/mol. The van der Waals surface area contributed by atoms with E-state index in [0.717, 1.165) is 21.3 Å². The lowest BCUT2D eigenvalue weighted by Gasteiger charge is -2.25. The van der Waals surface area contributed by atoms with Crippen molar-refractivity contribution < 1.29 is 8.42 Å². The van der Waals surface area contributed by atoms with Gasteiger partial charge < -0.3 is 0 Å². The van der Waals surface area contributed by atoms with Gasteiger partial charge in [0.05, 0.1) is 11.4 Å². The van der Waals surface area contributed by atoms with Crippen molar-refractivity contribution in [2.45, 2.75) is 18.7 Å². The van der Waals surface area contributed by atoms with Gasteiger partial charge >= 0.3 is 0 Å². The Kier molecular flexibility index (Phi) is 5.55. The fraction of sp³-hybridized carbons (Fsp3) is 0.222. The summed E-state index contributed by atoms with van der Waals surface area (Å²) in [7, 11) is -1.83. The second-order valence-electron chi connectivity index (χ2n) is 6.01. The number of sulfonamides is 1. The van der Waals surface area contributed by atoms with Gasteiger partial charge in [0.2, 0.25) is 10.0 Å². The summed E-state index contributed by atoms with van der Waals surface area (Å²) in [5.74, 6) is -0.0374. The molecule has 0 fully saturated rings. The Balaban J connectivity index is 1.76. The summed E-state index contributed by atoms with van der Waals surface area (Å²) in [6.45, 7) is 1.88. The molecule has 6 nitrogen and oxygen atoms in total. The van der Waals surface area contributed by atoms with Gasteiger partial charge in [-0.1, -0.05) is 40.2 Å². The summed E-state index contributed by atoms with van der Waals surface area (Å²) in [6.07, 6.45) is 3.09. The molecule has 1 heterocycles. The van der Waals surface area contributed by atoms with Gasteiger partial charge in [-0.2, -0.15) is 9.40 Å². The van der Waals surface area contributed by atoms with Crippen LogP contribution in [0.4, 0.5) is 0 Å². The Morgan fingerprint density at radius 3 is 2.54 bits per heavy atom. The van der Waals surface area contributed by atoms with Crippen LogP contribution in [0.2, 0.25) is 0 Å². The molecule has 2 aromatic carbocycles. The zero-order valence-corrected chi connectivity index (χ0v) is 16.9. The number of aromatic nitrogens is 3. The Hall–Kier alpha value is -2.03. The van der Waals surface area contributed by atoms with Gasteiger partial charge in [0, 0.05) is 17.6 Å². The van der Waals surface area contributed by atoms with Gasteiger partial charge in [-0.3, -0.25) is 0 Å². The standard InChI is InChI=1S/C18H19BrN4O2S/c1-14(16-6-8-18(9-7-16)23-13-20-12-21-23)22(2)26(24,25)11-15-4-3-5-17(19)10-15/h3-10,12-14H,11H2,1-2H3/t14-/m0/s1. The molecule has 0 aliphatic heterocycles. The molecule has 0 saturated heterocycles. The highest BCUT2D eigenvalue weighted by atomic mass is 79.9. The van der Waals surface area contributed by atoms with E-state index < -0.39 is 10.0 Å². The molecule has 0 radical (unpaired) electrons. The third-order valence-electron chi connectivity index (χ3n) is 4.28. The summed E-state index contributed by atoms with van der Waals surface area (Å²) >= 11 is 3.38. The number of benzene rings is 2. The predicted octanol–water partition coefficient (Wildman–Crippen LogP) is 3.55. The highest BCUT2D eigenvalue weighted by molar-refractivity contribution is 9.10. The molecule has 0 unspecified atom stereocenters. The van der Waals surface area contributed by atoms with E-state index in [1.54, 1.807) is 18.1 Å². The van der Waals surface area contributed by atoms with Gasteiger partial charge in [0.25, 0.3) is 0 Å². The van der Waals surface area contributed by atoms with Crippen LogP contribution in [0.1, 0.15) is 24.1 Å². The van der Waals surface area contributed by atoms with Gasteiger partial charge in [-0.05, 0) is 42.3 Å². The molecule has 0 saturated carbocycles. The lowest BCUT2D eigenvalue weighted by Crippen LogP contribution is -2.30. The molecule has 0 bridgehead atoms. The molecule has 0 amide bonds. The summed E-state index contributed by atoms with van der Waals surface area (Å²) in [6, 6.07) is 14.7. The molecule has 26 heavy (non-hydrogen) atoms. The van der Waals surface area contributed by atoms with Crippen LogP contribution in [0, 0.1) is 0 Å². The maximum atomic E-state index is 12.8. The molecule has 0 spiro atoms. The van der Waals surface area contributed by atoms with E-state index in [4.69, 9.17) is 0 Å². The molecule has 0 aliphatic rings. The number of halogens is 1. The first-order valence-electron chi connectivity index (χ1n) is 8.02. The molecule has 0 N–H and O–H groups in total. The zero-order chi connectivity index (χ0) is 18.7. The minimum atomic E-state index is -3.45. The first kappa shape index (κ1) is 18.8. The van der Waals surface area contributed by atoms with Gasteiger partial charge in [0.1, 0.15) is 12.7 Å². The first-order chi connectivity index (χ1) is 12.4. The average molecular weight is 435 g/mol. The summed E-state index contributed by atoms with van der Waals surface area (Å²) in [5, 5.41) is 4.08. The zero-order valence-electron chi connectivity index (χ0n) is 14.4. The van der Waals surface area contributed by atoms with E-state index in [9.17, 15) is 8.42 Å². The Bertz CT molecular complexity index is 973. The molecule has 3 aromatic rings. The van der Waals surface area contributed by atoms with Crippen molar-refractivity contribution >= 4 is 26.0 Å². The maximum Gasteiger partial charge on any atom is 0.218 e. The van der Waals surface area contributed by atoms with Crippen molar-refractivity contribution in [3.05, 3.63) is 76.8 Å². The Morgan fingerprint density at radius 2 is 1.92 bits per heavy atom. The third kappa shape index (κ3) is 4.20. The SMILES string of the molecule is C[C@@H](c1ccc(-n2cncn2)cc1)N(C)S(=O)(=O)Cc1cccc(Br)c1. The van der Waals surface area contributed by atoms with Crippen LogP contribution in [0.15, 0.2) is 65.7 Å². The average Bonchev–Trinajstić information content (AvgIpc) is 3.15. The van der Waals surface area contributed by atoms with Gasteiger partial charge in [-0.25, -0.2) is 18.1 Å². The molecule has 1 aromatic heterocycles. The number of rotatable bonds is 6. The highest BCUT2D eigenvalue weighted by Crippen LogP contribution is 2.25. The lowest BCUT2D eigenvalue weighted by atomic mass is 10.1. The lowest BCUT2D eigenvalue weighted by molar-refractivity contribution is 0.398. The molecule has 1 atom stereocenters. The van der Waals surface area contributed by atoms with Crippen molar-refractivity contribution in [2.24, 2.45) is 0 Å². The Morgan fingerprint density at radius 1 is 1.19 bits per heavy atom. The van der Waals surface area contributed by atoms with Crippen molar-refractivity contribution in [2.75, 3.05) is 7.05 Å². The van der Waals surface area contributed by atoms with Crippen molar-refractivity contribution in [3.63, 3.8) is 0 Å². The van der Waals surface area contributed by atoms with Crippen LogP contribution >= 0.6 is 15.9 Å². The molecule has 0 aliphatic carbocycles. The quantitative estimate of drug-likeness (QED) is 0.594. The van der Waals surface area contributed by atoms with E-state index in [1.165, 1.54) is 10.6 Å². The maximum absolute atomic E-state index is 12.8. The van der Waals surface area contributed by atoms with Crippen LogP contribution in [-0.2, 0) is 15.8 Å². The minimum Gasteiger partial charge on any atom is -0.223 e. The van der Waals surface area contributed by atoms with Crippen LogP contribution in [0.5, 0.6) is 0 Å². The van der Waals surface area contributed by atoms with E-state index in [2.05, 4.69) is 26.0 Å². The number of hydrogen-bond acceptors (Lipinski definition) is 4. The monoisotopic (exact) mass is 434 g/mol. The highest BCUT2D eigenvalue weighted by Gasteiger charge is 2.24. The smallest absolute Gasteiger partial charge is 0.218 e. The van der Waals surface area contributed by atoms with Gasteiger partial charge in [-0.15, -0.1) is 0 Å². The van der Waals surface area contributed by atoms with Crippen LogP contribution in [-0.4, -0.2) is 34.5 Å². The summed E-state index contributed by atoms with van der Waals surface area (Å²) < 4.78 is 29.5. The first-order valence-corrected chi connectivity index (χ1v) is 10.4. The summed E-state index contributed by atoms with van der Waals surface area (Å²) in [4.78, 5) is 3.92. The molecular formula is C18H19BrN4O2S. The van der Waals surface area contributed by atoms with E-state index in [0.29, 0.717) is 0 Å². The van der Waals surface area contributed by atoms with E-state index >= 15 is 0 Å². The number of nitrogens with zero attached hydrogens (tertiary/aromatic N) is 4. The molecule has 136 valence electrons. The van der Waals surface area contributed by atoms with Crippen molar-refractivity contribution in [1.82, 2.24) is 19.1 Å². The van der Waals surface area contributed by atoms with Crippen LogP contribution in [0.25, 0.3) is 5.69 Å². The van der Waals surface area contributed by atoms with Gasteiger partial charge in [0.15, 0.2) is 0 Å². The Labute approximate surface area is 161 Å². The fourth-order valence-corrected chi connectivity index (χ4v) is 4.49. The second-order valence-corrected chi connectivity index (χ2v) is 8.95. The molecule has 3 rings (SSSR count). The van der Waals surface area contributed by atoms with E-state index in [1.807, 2.05) is 55.5 Å². The van der Waals surface area contributed by atoms with Crippen LogP contribution in [0.3, 0.4) is 0 Å². The molecule has 8 heteroatoms. The third-order valence-corrected chi connectivity index (χ3v) is 6.67. The van der Waals surface area contributed by atoms with E-state index in [-0.39, 0.29) is 11.8 Å². The normalized spacial score (nSPS) is 13.1.